The van der Waals surface area contributed by atoms with Gasteiger partial charge in [0.2, 0.25) is 5.88 Å². The largest absolute Gasteiger partial charge is 0.476 e. The van der Waals surface area contributed by atoms with Gasteiger partial charge in [-0.1, -0.05) is 23.7 Å². The van der Waals surface area contributed by atoms with Crippen LogP contribution in [-0.2, 0) is 0 Å². The molecule has 1 aromatic heterocycles. The third kappa shape index (κ3) is 3.30. The van der Waals surface area contributed by atoms with Gasteiger partial charge in [0.25, 0.3) is 0 Å². The van der Waals surface area contributed by atoms with Gasteiger partial charge in [-0.15, -0.1) is 0 Å². The smallest absolute Gasteiger partial charge is 0.242 e. The van der Waals surface area contributed by atoms with Crippen LogP contribution in [0.3, 0.4) is 0 Å². The molecule has 1 unspecified atom stereocenters. The summed E-state index contributed by atoms with van der Waals surface area (Å²) in [6.07, 6.45) is 1.42. The number of rotatable bonds is 5. The monoisotopic (exact) mass is 292 g/mol. The highest BCUT2D eigenvalue weighted by atomic mass is 35.5. The van der Waals surface area contributed by atoms with Crippen LogP contribution in [0, 0.1) is 0 Å². The Morgan fingerprint density at radius 1 is 1.40 bits per heavy atom. The van der Waals surface area contributed by atoms with E-state index in [1.54, 1.807) is 0 Å². The lowest BCUT2D eigenvalue weighted by atomic mass is 10.1. The number of aromatic nitrogens is 2. The minimum absolute atomic E-state index is 0.0142. The van der Waals surface area contributed by atoms with Crippen LogP contribution in [0.15, 0.2) is 30.6 Å². The molecule has 106 valence electrons. The lowest BCUT2D eigenvalue weighted by Gasteiger charge is -2.17. The fourth-order valence-corrected chi connectivity index (χ4v) is 2.01. The maximum absolute atomic E-state index is 5.99. The minimum atomic E-state index is 0.0142. The zero-order valence-electron chi connectivity index (χ0n) is 11.4. The van der Waals surface area contributed by atoms with Crippen LogP contribution in [0.25, 0.3) is 0 Å². The van der Waals surface area contributed by atoms with Crippen molar-refractivity contribution in [2.45, 2.75) is 19.9 Å². The van der Waals surface area contributed by atoms with Crippen molar-refractivity contribution >= 4 is 23.1 Å². The number of nitrogens with zero attached hydrogens (tertiary/aromatic N) is 2. The Morgan fingerprint density at radius 2 is 2.20 bits per heavy atom. The molecule has 0 aliphatic rings. The SMILES string of the molecule is CCOc1ncnc(NC(C)c2cccc(Cl)c2)c1N. The second kappa shape index (κ2) is 6.43. The molecular formula is C14H17ClN4O. The van der Waals surface area contributed by atoms with E-state index in [2.05, 4.69) is 15.3 Å². The van der Waals surface area contributed by atoms with Crippen molar-refractivity contribution < 1.29 is 4.74 Å². The molecule has 0 saturated carbocycles. The first-order valence-corrected chi connectivity index (χ1v) is 6.75. The molecule has 0 aliphatic heterocycles. The Bertz CT molecular complexity index is 591. The minimum Gasteiger partial charge on any atom is -0.476 e. The summed E-state index contributed by atoms with van der Waals surface area (Å²) in [5.41, 5.74) is 7.44. The fraction of sp³-hybridized carbons (Fsp3) is 0.286. The third-order valence-electron chi connectivity index (χ3n) is 2.83. The quantitative estimate of drug-likeness (QED) is 0.884. The van der Waals surface area contributed by atoms with Crippen LogP contribution in [0.5, 0.6) is 5.88 Å². The van der Waals surface area contributed by atoms with Gasteiger partial charge in [-0.05, 0) is 31.5 Å². The summed E-state index contributed by atoms with van der Waals surface area (Å²) in [5, 5.41) is 3.93. The maximum atomic E-state index is 5.99. The molecule has 1 aromatic carbocycles. The van der Waals surface area contributed by atoms with Crippen LogP contribution in [0.2, 0.25) is 5.02 Å². The van der Waals surface area contributed by atoms with Crippen LogP contribution >= 0.6 is 11.6 Å². The van der Waals surface area contributed by atoms with E-state index in [1.807, 2.05) is 38.1 Å². The van der Waals surface area contributed by atoms with Crippen molar-refractivity contribution in [1.29, 1.82) is 0 Å². The number of nitrogens with two attached hydrogens (primary N) is 1. The van der Waals surface area contributed by atoms with Crippen molar-refractivity contribution in [2.75, 3.05) is 17.7 Å². The first-order valence-electron chi connectivity index (χ1n) is 6.37. The molecule has 0 bridgehead atoms. The number of hydrogen-bond acceptors (Lipinski definition) is 5. The zero-order valence-corrected chi connectivity index (χ0v) is 12.2. The number of ether oxygens (including phenoxy) is 1. The highest BCUT2D eigenvalue weighted by molar-refractivity contribution is 6.30. The molecule has 0 aliphatic carbocycles. The molecule has 0 saturated heterocycles. The van der Waals surface area contributed by atoms with E-state index in [0.29, 0.717) is 29.0 Å². The Morgan fingerprint density at radius 3 is 2.90 bits per heavy atom. The molecule has 1 atom stereocenters. The van der Waals surface area contributed by atoms with Crippen molar-refractivity contribution in [3.63, 3.8) is 0 Å². The Balaban J connectivity index is 2.19. The maximum Gasteiger partial charge on any atom is 0.242 e. The Labute approximate surface area is 123 Å². The average Bonchev–Trinajstić information content (AvgIpc) is 2.43. The number of nitrogen functional groups attached to an aromatic ring is 1. The lowest BCUT2D eigenvalue weighted by molar-refractivity contribution is 0.328. The van der Waals surface area contributed by atoms with Gasteiger partial charge in [-0.25, -0.2) is 4.98 Å². The van der Waals surface area contributed by atoms with Crippen LogP contribution in [0.1, 0.15) is 25.5 Å². The molecule has 0 spiro atoms. The van der Waals surface area contributed by atoms with Crippen LogP contribution in [-0.4, -0.2) is 16.6 Å². The van der Waals surface area contributed by atoms with E-state index in [4.69, 9.17) is 22.1 Å². The summed E-state index contributed by atoms with van der Waals surface area (Å²) in [6, 6.07) is 7.65. The van der Waals surface area contributed by atoms with Gasteiger partial charge >= 0.3 is 0 Å². The molecule has 3 N–H and O–H groups in total. The van der Waals surface area contributed by atoms with Crippen LogP contribution in [0.4, 0.5) is 11.5 Å². The first-order chi connectivity index (χ1) is 9.61. The molecule has 20 heavy (non-hydrogen) atoms. The highest BCUT2D eigenvalue weighted by Gasteiger charge is 2.12. The van der Waals surface area contributed by atoms with E-state index in [0.717, 1.165) is 5.56 Å². The Hall–Kier alpha value is -2.01. The fourth-order valence-electron chi connectivity index (χ4n) is 1.81. The van der Waals surface area contributed by atoms with Gasteiger partial charge in [0.05, 0.1) is 12.6 Å². The van der Waals surface area contributed by atoms with E-state index < -0.39 is 0 Å². The number of hydrogen-bond donors (Lipinski definition) is 2. The highest BCUT2D eigenvalue weighted by Crippen LogP contribution is 2.28. The third-order valence-corrected chi connectivity index (χ3v) is 3.07. The van der Waals surface area contributed by atoms with Crippen molar-refractivity contribution in [3.8, 4) is 5.88 Å². The molecule has 0 radical (unpaired) electrons. The standard InChI is InChI=1S/C14H17ClN4O/c1-3-20-14-12(16)13(17-8-18-14)19-9(2)10-5-4-6-11(15)7-10/h4-9H,3,16H2,1-2H3,(H,17,18,19). The van der Waals surface area contributed by atoms with E-state index in [-0.39, 0.29) is 6.04 Å². The molecule has 0 amide bonds. The predicted octanol–water partition coefficient (Wildman–Crippen LogP) is 3.28. The van der Waals surface area contributed by atoms with Gasteiger partial charge in [0.15, 0.2) is 5.82 Å². The number of anilines is 2. The molecule has 1 heterocycles. The zero-order chi connectivity index (χ0) is 14.5. The van der Waals surface area contributed by atoms with Gasteiger partial charge < -0.3 is 15.8 Å². The molecule has 6 heteroatoms. The summed E-state index contributed by atoms with van der Waals surface area (Å²) >= 11 is 5.99. The summed E-state index contributed by atoms with van der Waals surface area (Å²) in [6.45, 7) is 4.39. The topological polar surface area (TPSA) is 73.1 Å². The van der Waals surface area contributed by atoms with E-state index in [9.17, 15) is 0 Å². The lowest BCUT2D eigenvalue weighted by Crippen LogP contribution is -2.11. The van der Waals surface area contributed by atoms with Crippen molar-refractivity contribution in [3.05, 3.63) is 41.2 Å². The second-order valence-corrected chi connectivity index (χ2v) is 4.73. The number of halogens is 1. The molecule has 2 aromatic rings. The summed E-state index contributed by atoms with van der Waals surface area (Å²) in [4.78, 5) is 8.15. The number of benzene rings is 1. The van der Waals surface area contributed by atoms with Gasteiger partial charge in [-0.3, -0.25) is 0 Å². The van der Waals surface area contributed by atoms with Gasteiger partial charge in [-0.2, -0.15) is 4.98 Å². The molecule has 0 fully saturated rings. The van der Waals surface area contributed by atoms with Crippen LogP contribution < -0.4 is 15.8 Å². The van der Waals surface area contributed by atoms with E-state index in [1.165, 1.54) is 6.33 Å². The summed E-state index contributed by atoms with van der Waals surface area (Å²) in [7, 11) is 0. The van der Waals surface area contributed by atoms with Crippen molar-refractivity contribution in [1.82, 2.24) is 9.97 Å². The molecular weight excluding hydrogens is 276 g/mol. The van der Waals surface area contributed by atoms with Crippen molar-refractivity contribution in [2.24, 2.45) is 0 Å². The molecule has 5 nitrogen and oxygen atoms in total. The molecule has 2 rings (SSSR count). The summed E-state index contributed by atoms with van der Waals surface area (Å²) < 4.78 is 5.35. The average molecular weight is 293 g/mol. The normalized spacial score (nSPS) is 11.9. The summed E-state index contributed by atoms with van der Waals surface area (Å²) in [5.74, 6) is 0.944. The second-order valence-electron chi connectivity index (χ2n) is 4.30. The predicted molar refractivity (Wildman–Crippen MR) is 81.1 cm³/mol. The number of nitrogens with one attached hydrogen (secondary N) is 1. The first kappa shape index (κ1) is 14.4. The Kier molecular flexibility index (Phi) is 4.63. The van der Waals surface area contributed by atoms with Gasteiger partial charge in [0, 0.05) is 5.02 Å². The van der Waals surface area contributed by atoms with Gasteiger partial charge in [0.1, 0.15) is 12.0 Å². The van der Waals surface area contributed by atoms with E-state index >= 15 is 0 Å².